The molecule has 2 heterocycles. The Hall–Kier alpha value is -1.01. The van der Waals surface area contributed by atoms with Gasteiger partial charge in [0.1, 0.15) is 0 Å². The van der Waals surface area contributed by atoms with Crippen molar-refractivity contribution in [2.24, 2.45) is 0 Å². The van der Waals surface area contributed by atoms with Gasteiger partial charge in [-0.3, -0.25) is 0 Å². The first-order chi connectivity index (χ1) is 9.56. The van der Waals surface area contributed by atoms with Crippen molar-refractivity contribution in [3.05, 3.63) is 44.2 Å². The molecule has 0 radical (unpaired) electrons. The average Bonchev–Trinajstić information content (AvgIpc) is 2.99. The maximum atomic E-state index is 6.06. The van der Waals surface area contributed by atoms with Crippen molar-refractivity contribution < 1.29 is 4.52 Å². The van der Waals surface area contributed by atoms with Crippen LogP contribution in [0.3, 0.4) is 0 Å². The van der Waals surface area contributed by atoms with Gasteiger partial charge in [-0.2, -0.15) is 0 Å². The van der Waals surface area contributed by atoms with Crippen molar-refractivity contribution in [1.29, 1.82) is 0 Å². The van der Waals surface area contributed by atoms with E-state index in [4.69, 9.17) is 33.5 Å². The Kier molecular flexibility index (Phi) is 3.77. The summed E-state index contributed by atoms with van der Waals surface area (Å²) in [5, 5.41) is 4.80. The van der Waals surface area contributed by atoms with E-state index in [2.05, 4.69) is 21.1 Å². The van der Waals surface area contributed by atoms with Crippen molar-refractivity contribution in [2.45, 2.75) is 0 Å². The van der Waals surface area contributed by atoms with Crippen LogP contribution in [-0.2, 0) is 0 Å². The van der Waals surface area contributed by atoms with Gasteiger partial charge in [0.05, 0.1) is 24.3 Å². The second-order valence-electron chi connectivity index (χ2n) is 4.00. The minimum absolute atomic E-state index is 0.322. The number of aromatic nitrogens is 1. The van der Waals surface area contributed by atoms with E-state index in [9.17, 15) is 0 Å². The highest BCUT2D eigenvalue weighted by atomic mass is 79.9. The molecule has 0 spiro atoms. The van der Waals surface area contributed by atoms with Crippen LogP contribution in [0, 0.1) is 0 Å². The summed E-state index contributed by atoms with van der Waals surface area (Å²) >= 11 is 17.0. The van der Waals surface area contributed by atoms with Crippen molar-refractivity contribution in [3.8, 4) is 21.8 Å². The third-order valence-electron chi connectivity index (χ3n) is 2.72. The molecule has 3 nitrogen and oxygen atoms in total. The molecule has 0 saturated heterocycles. The van der Waals surface area contributed by atoms with E-state index in [1.54, 1.807) is 12.1 Å². The van der Waals surface area contributed by atoms with E-state index in [-0.39, 0.29) is 0 Å². The van der Waals surface area contributed by atoms with E-state index in [1.165, 1.54) is 11.3 Å². The Bertz CT molecular complexity index is 785. The molecule has 3 aromatic rings. The number of hydrogen-bond acceptors (Lipinski definition) is 4. The van der Waals surface area contributed by atoms with Crippen LogP contribution in [0.4, 0.5) is 5.82 Å². The number of nitrogen functional groups attached to an aromatic ring is 1. The maximum Gasteiger partial charge on any atom is 0.186 e. The predicted molar refractivity (Wildman–Crippen MR) is 87.4 cm³/mol. The molecule has 0 unspecified atom stereocenters. The Morgan fingerprint density at radius 2 is 1.95 bits per heavy atom. The van der Waals surface area contributed by atoms with Gasteiger partial charge >= 0.3 is 0 Å². The average molecular weight is 390 g/mol. The zero-order valence-electron chi connectivity index (χ0n) is 9.86. The van der Waals surface area contributed by atoms with Crippen LogP contribution in [0.5, 0.6) is 0 Å². The van der Waals surface area contributed by atoms with Gasteiger partial charge in [0.15, 0.2) is 11.6 Å². The molecule has 7 heteroatoms. The number of anilines is 1. The molecule has 3 rings (SSSR count). The molecule has 0 atom stereocenters. The van der Waals surface area contributed by atoms with Crippen LogP contribution < -0.4 is 5.73 Å². The molecule has 0 saturated carbocycles. The van der Waals surface area contributed by atoms with Crippen LogP contribution in [0.2, 0.25) is 10.0 Å². The number of halogens is 3. The normalized spacial score (nSPS) is 10.9. The zero-order chi connectivity index (χ0) is 14.3. The van der Waals surface area contributed by atoms with E-state index in [0.717, 1.165) is 19.8 Å². The number of benzene rings is 1. The molecule has 0 aliphatic carbocycles. The van der Waals surface area contributed by atoms with Crippen LogP contribution in [-0.4, -0.2) is 5.16 Å². The van der Waals surface area contributed by atoms with Crippen LogP contribution >= 0.6 is 50.5 Å². The Balaban J connectivity index is 2.18. The monoisotopic (exact) mass is 388 g/mol. The first-order valence-electron chi connectivity index (χ1n) is 5.52. The Labute approximate surface area is 137 Å². The number of nitrogens with zero attached hydrogens (tertiary/aromatic N) is 1. The number of hydrogen-bond donors (Lipinski definition) is 1. The summed E-state index contributed by atoms with van der Waals surface area (Å²) in [6.45, 7) is 0. The lowest BCUT2D eigenvalue weighted by Gasteiger charge is -2.03. The summed E-state index contributed by atoms with van der Waals surface area (Å²) in [6, 6.07) is 9.19. The first-order valence-corrected chi connectivity index (χ1v) is 7.89. The smallest absolute Gasteiger partial charge is 0.186 e. The Morgan fingerprint density at radius 3 is 2.60 bits per heavy atom. The fourth-order valence-corrected chi connectivity index (χ4v) is 3.51. The zero-order valence-corrected chi connectivity index (χ0v) is 13.8. The second kappa shape index (κ2) is 5.41. The van der Waals surface area contributed by atoms with E-state index >= 15 is 0 Å². The number of rotatable bonds is 2. The van der Waals surface area contributed by atoms with E-state index < -0.39 is 0 Å². The third-order valence-corrected chi connectivity index (χ3v) is 5.09. The molecule has 102 valence electrons. The highest BCUT2D eigenvalue weighted by Crippen LogP contribution is 2.41. The SMILES string of the molecule is Nc1noc(-c2ccc(Br)s2)c1-c1ccc(Cl)c(Cl)c1. The fourth-order valence-electron chi connectivity index (χ4n) is 1.84. The van der Waals surface area contributed by atoms with Crippen molar-refractivity contribution >= 4 is 56.3 Å². The standard InChI is InChI=1S/C13H7BrCl2N2OS/c14-10-4-3-9(20-10)12-11(13(17)18-19-12)6-1-2-7(15)8(16)5-6/h1-5H,(H2,17,18). The predicted octanol–water partition coefficient (Wildman–Crippen LogP) is 5.72. The summed E-state index contributed by atoms with van der Waals surface area (Å²) < 4.78 is 6.36. The van der Waals surface area contributed by atoms with Gasteiger partial charge in [0, 0.05) is 0 Å². The molecule has 20 heavy (non-hydrogen) atoms. The molecular weight excluding hydrogens is 383 g/mol. The summed E-state index contributed by atoms with van der Waals surface area (Å²) in [4.78, 5) is 0.933. The van der Waals surface area contributed by atoms with Crippen LogP contribution in [0.25, 0.3) is 21.8 Å². The molecule has 0 bridgehead atoms. The summed E-state index contributed by atoms with van der Waals surface area (Å²) in [7, 11) is 0. The molecule has 1 aromatic carbocycles. The molecule has 0 aliphatic heterocycles. The Morgan fingerprint density at radius 1 is 1.15 bits per heavy atom. The van der Waals surface area contributed by atoms with Gasteiger partial charge in [-0.1, -0.05) is 34.4 Å². The lowest BCUT2D eigenvalue weighted by Crippen LogP contribution is -1.88. The van der Waals surface area contributed by atoms with Gasteiger partial charge in [-0.15, -0.1) is 11.3 Å². The molecular formula is C13H7BrCl2N2OS. The molecule has 0 fully saturated rings. The molecule has 0 amide bonds. The third kappa shape index (κ3) is 2.46. The largest absolute Gasteiger partial charge is 0.380 e. The highest BCUT2D eigenvalue weighted by Gasteiger charge is 2.19. The van der Waals surface area contributed by atoms with Crippen molar-refractivity contribution in [1.82, 2.24) is 5.16 Å². The number of nitrogens with two attached hydrogens (primary N) is 1. The maximum absolute atomic E-state index is 6.06. The molecule has 0 aliphatic rings. The second-order valence-corrected chi connectivity index (χ2v) is 7.28. The van der Waals surface area contributed by atoms with E-state index in [0.29, 0.717) is 21.6 Å². The van der Waals surface area contributed by atoms with Gasteiger partial charge in [-0.05, 0) is 45.8 Å². The van der Waals surface area contributed by atoms with E-state index in [1.807, 2.05) is 18.2 Å². The highest BCUT2D eigenvalue weighted by molar-refractivity contribution is 9.11. The van der Waals surface area contributed by atoms with Gasteiger partial charge < -0.3 is 10.3 Å². The number of thiophene rings is 1. The van der Waals surface area contributed by atoms with Crippen molar-refractivity contribution in [2.75, 3.05) is 5.73 Å². The lowest BCUT2D eigenvalue weighted by atomic mass is 10.1. The van der Waals surface area contributed by atoms with Crippen molar-refractivity contribution in [3.63, 3.8) is 0 Å². The minimum Gasteiger partial charge on any atom is -0.380 e. The molecule has 2 N–H and O–H groups in total. The first kappa shape index (κ1) is 13.9. The summed E-state index contributed by atoms with van der Waals surface area (Å²) in [6.07, 6.45) is 0. The van der Waals surface area contributed by atoms with Crippen LogP contribution in [0.15, 0.2) is 38.6 Å². The molecule has 2 aromatic heterocycles. The quantitative estimate of drug-likeness (QED) is 0.609. The van der Waals surface area contributed by atoms with Crippen LogP contribution in [0.1, 0.15) is 0 Å². The van der Waals surface area contributed by atoms with Gasteiger partial charge in [0.2, 0.25) is 0 Å². The summed E-state index contributed by atoms with van der Waals surface area (Å²) in [5.74, 6) is 0.944. The fraction of sp³-hybridized carbons (Fsp3) is 0. The topological polar surface area (TPSA) is 52.0 Å². The summed E-state index contributed by atoms with van der Waals surface area (Å²) in [5.41, 5.74) is 7.46. The van der Waals surface area contributed by atoms with Gasteiger partial charge in [-0.25, -0.2) is 0 Å². The minimum atomic E-state index is 0.322. The lowest BCUT2D eigenvalue weighted by molar-refractivity contribution is 0.437. The van der Waals surface area contributed by atoms with Gasteiger partial charge in [0.25, 0.3) is 0 Å².